The van der Waals surface area contributed by atoms with Crippen molar-refractivity contribution in [1.29, 1.82) is 0 Å². The van der Waals surface area contributed by atoms with Crippen molar-refractivity contribution in [3.05, 3.63) is 40.5 Å². The van der Waals surface area contributed by atoms with E-state index >= 15 is 0 Å². The number of ether oxygens (including phenoxy) is 1. The van der Waals surface area contributed by atoms with Gasteiger partial charge in [0, 0.05) is 29.3 Å². The third-order valence-corrected chi connectivity index (χ3v) is 5.47. The number of aromatic amines is 1. The van der Waals surface area contributed by atoms with Crippen molar-refractivity contribution < 1.29 is 9.53 Å². The van der Waals surface area contributed by atoms with E-state index in [1.54, 1.807) is 6.07 Å². The van der Waals surface area contributed by atoms with Gasteiger partial charge in [0.2, 0.25) is 0 Å². The largest absolute Gasteiger partial charge is 0.381 e. The molecule has 1 spiro atoms. The number of H-pyrrole nitrogens is 1. The Bertz CT molecular complexity index is 720. The monoisotopic (exact) mass is 375 g/mol. The van der Waals surface area contributed by atoms with E-state index in [0.717, 1.165) is 48.2 Å². The molecule has 5 nitrogen and oxygen atoms in total. The zero-order valence-corrected chi connectivity index (χ0v) is 14.2. The zero-order valence-electron chi connectivity index (χ0n) is 12.6. The topological polar surface area (TPSA) is 67.0 Å². The smallest absolute Gasteiger partial charge is 0.269 e. The molecule has 23 heavy (non-hydrogen) atoms. The number of halogens is 1. The Hall–Kier alpha value is -1.66. The average Bonchev–Trinajstić information content (AvgIpc) is 3.01. The molecule has 1 aromatic carbocycles. The first-order valence-corrected chi connectivity index (χ1v) is 8.66. The molecule has 2 aromatic rings. The molecular formula is C17H18BrN3O2. The van der Waals surface area contributed by atoms with Crippen molar-refractivity contribution >= 4 is 21.8 Å². The minimum atomic E-state index is -0.0748. The number of nitrogens with one attached hydrogen (secondary N) is 2. The normalized spacial score (nSPS) is 22.0. The van der Waals surface area contributed by atoms with Gasteiger partial charge < -0.3 is 10.1 Å². The van der Waals surface area contributed by atoms with E-state index in [0.29, 0.717) is 5.69 Å². The van der Waals surface area contributed by atoms with Gasteiger partial charge in [0.1, 0.15) is 5.69 Å². The molecule has 2 N–H and O–H groups in total. The van der Waals surface area contributed by atoms with Crippen LogP contribution in [0.15, 0.2) is 34.8 Å². The predicted molar refractivity (Wildman–Crippen MR) is 90.1 cm³/mol. The van der Waals surface area contributed by atoms with E-state index in [1.807, 2.05) is 24.3 Å². The van der Waals surface area contributed by atoms with Crippen molar-refractivity contribution in [2.75, 3.05) is 13.2 Å². The molecule has 1 atom stereocenters. The van der Waals surface area contributed by atoms with Gasteiger partial charge in [0.15, 0.2) is 0 Å². The third-order valence-electron chi connectivity index (χ3n) is 4.95. The molecule has 2 aliphatic rings. The van der Waals surface area contributed by atoms with Crippen LogP contribution in [0.25, 0.3) is 11.3 Å². The minimum Gasteiger partial charge on any atom is -0.381 e. The lowest BCUT2D eigenvalue weighted by Gasteiger charge is -2.22. The Morgan fingerprint density at radius 3 is 2.78 bits per heavy atom. The second-order valence-corrected chi connectivity index (χ2v) is 7.29. The maximum absolute atomic E-state index is 12.4. The number of hydrogen-bond donors (Lipinski definition) is 2. The molecule has 6 heteroatoms. The number of amides is 1. The lowest BCUT2D eigenvalue weighted by atomic mass is 9.96. The van der Waals surface area contributed by atoms with Crippen molar-refractivity contribution in [1.82, 2.24) is 15.5 Å². The Balaban J connectivity index is 1.43. The van der Waals surface area contributed by atoms with E-state index in [4.69, 9.17) is 4.74 Å². The van der Waals surface area contributed by atoms with Gasteiger partial charge in [-0.1, -0.05) is 28.1 Å². The molecule has 4 rings (SSSR count). The van der Waals surface area contributed by atoms with Crippen LogP contribution in [0.2, 0.25) is 0 Å². The minimum absolute atomic E-state index is 0.0748. The van der Waals surface area contributed by atoms with Gasteiger partial charge in [-0.15, -0.1) is 0 Å². The maximum atomic E-state index is 12.4. The van der Waals surface area contributed by atoms with Crippen LogP contribution in [0.1, 0.15) is 29.8 Å². The van der Waals surface area contributed by atoms with Gasteiger partial charge in [0.25, 0.3) is 5.91 Å². The van der Waals surface area contributed by atoms with Crippen LogP contribution in [-0.4, -0.2) is 35.4 Å². The van der Waals surface area contributed by atoms with Crippen LogP contribution in [0.4, 0.5) is 0 Å². The Kier molecular flexibility index (Phi) is 3.73. The van der Waals surface area contributed by atoms with Crippen molar-refractivity contribution in [2.24, 2.45) is 5.41 Å². The molecule has 1 saturated carbocycles. The molecule has 0 bridgehead atoms. The summed E-state index contributed by atoms with van der Waals surface area (Å²) in [6.07, 6.45) is 3.16. The molecule has 0 radical (unpaired) electrons. The highest BCUT2D eigenvalue weighted by atomic mass is 79.9. The van der Waals surface area contributed by atoms with Gasteiger partial charge in [-0.05, 0) is 42.9 Å². The average molecular weight is 376 g/mol. The van der Waals surface area contributed by atoms with Gasteiger partial charge in [-0.2, -0.15) is 5.10 Å². The quantitative estimate of drug-likeness (QED) is 0.865. The van der Waals surface area contributed by atoms with Crippen LogP contribution in [0.3, 0.4) is 0 Å². The van der Waals surface area contributed by atoms with Crippen LogP contribution < -0.4 is 5.32 Å². The summed E-state index contributed by atoms with van der Waals surface area (Å²) in [5.74, 6) is -0.0748. The highest BCUT2D eigenvalue weighted by Crippen LogP contribution is 2.53. The number of carbonyl (C=O) groups excluding carboxylic acids is 1. The second-order valence-electron chi connectivity index (χ2n) is 6.38. The lowest BCUT2D eigenvalue weighted by Crippen LogP contribution is -2.32. The second kappa shape index (κ2) is 5.76. The Labute approximate surface area is 142 Å². The molecular weight excluding hydrogens is 358 g/mol. The summed E-state index contributed by atoms with van der Waals surface area (Å²) >= 11 is 3.41. The Morgan fingerprint density at radius 2 is 2.04 bits per heavy atom. The van der Waals surface area contributed by atoms with Crippen molar-refractivity contribution in [3.8, 4) is 11.3 Å². The SMILES string of the molecule is O=C(NC1CC12CCOCC2)c1cc(-c2ccc(Br)cc2)n[nH]1. The summed E-state index contributed by atoms with van der Waals surface area (Å²) in [4.78, 5) is 12.4. The van der Waals surface area contributed by atoms with Crippen LogP contribution in [-0.2, 0) is 4.74 Å². The summed E-state index contributed by atoms with van der Waals surface area (Å²) in [5, 5.41) is 10.2. The highest BCUT2D eigenvalue weighted by molar-refractivity contribution is 9.10. The molecule has 1 amide bonds. The van der Waals surface area contributed by atoms with E-state index in [-0.39, 0.29) is 17.4 Å². The fourth-order valence-corrected chi connectivity index (χ4v) is 3.59. The molecule has 1 aliphatic carbocycles. The molecule has 120 valence electrons. The van der Waals surface area contributed by atoms with E-state index in [2.05, 4.69) is 31.4 Å². The van der Waals surface area contributed by atoms with E-state index in [1.165, 1.54) is 0 Å². The number of benzene rings is 1. The maximum Gasteiger partial charge on any atom is 0.269 e. The Morgan fingerprint density at radius 1 is 1.30 bits per heavy atom. The van der Waals surface area contributed by atoms with Crippen molar-refractivity contribution in [3.63, 3.8) is 0 Å². The number of carbonyl (C=O) groups is 1. The van der Waals surface area contributed by atoms with Crippen molar-refractivity contribution in [2.45, 2.75) is 25.3 Å². The number of rotatable bonds is 3. The van der Waals surface area contributed by atoms with Crippen LogP contribution in [0.5, 0.6) is 0 Å². The zero-order chi connectivity index (χ0) is 15.9. The lowest BCUT2D eigenvalue weighted by molar-refractivity contribution is 0.0534. The molecule has 2 heterocycles. The molecule has 2 fully saturated rings. The van der Waals surface area contributed by atoms with Gasteiger partial charge >= 0.3 is 0 Å². The number of nitrogens with zero attached hydrogens (tertiary/aromatic N) is 1. The van der Waals surface area contributed by atoms with Crippen LogP contribution >= 0.6 is 15.9 Å². The number of aromatic nitrogens is 2. The first-order valence-electron chi connectivity index (χ1n) is 7.86. The van der Waals surface area contributed by atoms with Gasteiger partial charge in [-0.25, -0.2) is 0 Å². The summed E-state index contributed by atoms with van der Waals surface area (Å²) in [5.41, 5.74) is 2.55. The summed E-state index contributed by atoms with van der Waals surface area (Å²) in [6.45, 7) is 1.62. The summed E-state index contributed by atoms with van der Waals surface area (Å²) in [6, 6.07) is 9.95. The molecule has 1 aromatic heterocycles. The highest BCUT2D eigenvalue weighted by Gasteiger charge is 2.55. The summed E-state index contributed by atoms with van der Waals surface area (Å²) < 4.78 is 6.43. The third kappa shape index (κ3) is 2.93. The first kappa shape index (κ1) is 14.9. The first-order chi connectivity index (χ1) is 11.2. The van der Waals surface area contributed by atoms with E-state index < -0.39 is 0 Å². The summed E-state index contributed by atoms with van der Waals surface area (Å²) in [7, 11) is 0. The molecule has 1 saturated heterocycles. The molecule has 1 unspecified atom stereocenters. The standard InChI is InChI=1S/C17H18BrN3O2/c18-12-3-1-11(2-4-12)13-9-14(21-20-13)16(22)19-15-10-17(15)5-7-23-8-6-17/h1-4,9,15H,5-8,10H2,(H,19,22)(H,20,21). The number of hydrogen-bond acceptors (Lipinski definition) is 3. The predicted octanol–water partition coefficient (Wildman–Crippen LogP) is 3.14. The molecule has 1 aliphatic heterocycles. The van der Waals surface area contributed by atoms with Gasteiger partial charge in [0.05, 0.1) is 5.69 Å². The van der Waals surface area contributed by atoms with Crippen LogP contribution in [0, 0.1) is 5.41 Å². The fourth-order valence-electron chi connectivity index (χ4n) is 3.32. The van der Waals surface area contributed by atoms with E-state index in [9.17, 15) is 4.79 Å². The van der Waals surface area contributed by atoms with Gasteiger partial charge in [-0.3, -0.25) is 9.89 Å². The fraction of sp³-hybridized carbons (Fsp3) is 0.412.